The number of hydrogen-bond acceptors (Lipinski definition) is 2. The average Bonchev–Trinajstić information content (AvgIpc) is 2.38. The van der Waals surface area contributed by atoms with Crippen LogP contribution in [-0.2, 0) is 0 Å². The van der Waals surface area contributed by atoms with Crippen molar-refractivity contribution >= 4 is 26.5 Å². The first kappa shape index (κ1) is 16.0. The molecule has 2 nitrogen and oxygen atoms in total. The van der Waals surface area contributed by atoms with Gasteiger partial charge in [-0.3, -0.25) is 0 Å². The number of nitrogens with one attached hydrogen (secondary N) is 2. The van der Waals surface area contributed by atoms with Crippen LogP contribution in [0.25, 0.3) is 0 Å². The van der Waals surface area contributed by atoms with Crippen molar-refractivity contribution in [3.63, 3.8) is 0 Å². The van der Waals surface area contributed by atoms with Crippen LogP contribution in [0.1, 0.15) is 0 Å². The Morgan fingerprint density at radius 2 is 0.800 bits per heavy atom. The van der Waals surface area contributed by atoms with Crippen LogP contribution in [-0.4, -0.2) is 26.5 Å². The van der Waals surface area contributed by atoms with Crippen molar-refractivity contribution in [1.82, 2.24) is 10.6 Å². The normalized spacial score (nSPS) is 23.3. The number of hydrogen-bond donors (Lipinski definition) is 2. The molecule has 0 amide bonds. The molecule has 20 heavy (non-hydrogen) atoms. The molecule has 0 saturated carbocycles. The van der Waals surface area contributed by atoms with Crippen molar-refractivity contribution in [3.8, 4) is 0 Å². The number of rotatable bonds is 3. The summed E-state index contributed by atoms with van der Waals surface area (Å²) in [6.45, 7) is 0. The third kappa shape index (κ3) is 2.25. The minimum atomic E-state index is -2.04. The van der Waals surface area contributed by atoms with E-state index in [2.05, 4.69) is 94.3 Å². The topological polar surface area (TPSA) is 24.1 Å². The van der Waals surface area contributed by atoms with E-state index in [1.54, 1.807) is 0 Å². The van der Waals surface area contributed by atoms with E-state index in [0.717, 1.165) is 0 Å². The summed E-state index contributed by atoms with van der Waals surface area (Å²) < 4.78 is 0.400. The fraction of sp³-hybridized carbons (Fsp3) is 0.500. The van der Waals surface area contributed by atoms with Gasteiger partial charge in [0.05, 0.1) is 0 Å². The Labute approximate surface area is 129 Å². The number of allylic oxidation sites excluding steroid dienone is 4. The van der Waals surface area contributed by atoms with E-state index in [0.29, 0.717) is 0 Å². The van der Waals surface area contributed by atoms with Gasteiger partial charge in [0.2, 0.25) is 0 Å². The Balaban J connectivity index is 2.73. The second kappa shape index (κ2) is 5.13. The molecule has 2 N–H and O–H groups in total. The molecule has 0 spiro atoms. The molecular weight excluding hydrogens is 365 g/mol. The van der Waals surface area contributed by atoms with Crippen LogP contribution in [0.15, 0.2) is 49.1 Å². The van der Waals surface area contributed by atoms with Crippen LogP contribution in [0.5, 0.6) is 0 Å². The zero-order valence-corrected chi connectivity index (χ0v) is 17.8. The molecule has 0 aliphatic carbocycles. The van der Waals surface area contributed by atoms with Crippen LogP contribution >= 0.6 is 0 Å². The fourth-order valence-corrected chi connectivity index (χ4v) is 22.7. The van der Waals surface area contributed by atoms with Crippen LogP contribution in [0, 0.1) is 0 Å². The Hall–Kier alpha value is -0.354. The van der Waals surface area contributed by atoms with E-state index in [9.17, 15) is 0 Å². The predicted molar refractivity (Wildman–Crippen MR) is 94.9 cm³/mol. The van der Waals surface area contributed by atoms with E-state index in [1.165, 1.54) is 0 Å². The van der Waals surface area contributed by atoms with Crippen LogP contribution in [0.4, 0.5) is 0 Å². The SMILES string of the molecule is [CH3][Ge]([CH3])([CH3])[C]1([C]2([Ge]([CH3])([CH3])[CH3])C=CNC=C2)C=CNC=C1. The summed E-state index contributed by atoms with van der Waals surface area (Å²) in [5.74, 6) is 15.2. The van der Waals surface area contributed by atoms with Crippen LogP contribution in [0.2, 0.25) is 43.0 Å². The quantitative estimate of drug-likeness (QED) is 0.694. The molecule has 110 valence electrons. The molecule has 0 aromatic heterocycles. The Bertz CT molecular complexity index is 418. The van der Waals surface area contributed by atoms with E-state index in [4.69, 9.17) is 0 Å². The Kier molecular flexibility index (Phi) is 4.11. The molecule has 2 aliphatic heterocycles. The van der Waals surface area contributed by atoms with Crippen molar-refractivity contribution in [1.29, 1.82) is 0 Å². The molecular formula is C16H28Ge2N2. The Morgan fingerprint density at radius 1 is 0.550 bits per heavy atom. The summed E-state index contributed by atoms with van der Waals surface area (Å²) in [7, 11) is 0. The van der Waals surface area contributed by atoms with E-state index in [1.807, 2.05) is 0 Å². The van der Waals surface area contributed by atoms with Gasteiger partial charge < -0.3 is 0 Å². The van der Waals surface area contributed by atoms with Crippen molar-refractivity contribution in [2.24, 2.45) is 0 Å². The second-order valence-corrected chi connectivity index (χ2v) is 30.3. The standard InChI is InChI=1S/C16H28Ge2N2/c1-17(2,3)15(7-11-19-12-8-15)16(18(4,5)6)9-13-20-14-10-16/h7-14,19-20H,1-6H3. The third-order valence-electron chi connectivity index (χ3n) is 4.94. The van der Waals surface area contributed by atoms with Gasteiger partial charge in [-0.1, -0.05) is 0 Å². The van der Waals surface area contributed by atoms with Crippen molar-refractivity contribution in [2.75, 3.05) is 0 Å². The summed E-state index contributed by atoms with van der Waals surface area (Å²) >= 11 is -4.08. The molecule has 0 saturated heterocycles. The maximum absolute atomic E-state index is 3.25. The Morgan fingerprint density at radius 3 is 1.00 bits per heavy atom. The molecule has 0 fully saturated rings. The zero-order valence-electron chi connectivity index (χ0n) is 13.6. The fourth-order valence-electron chi connectivity index (χ4n) is 3.73. The molecule has 2 aliphatic rings. The van der Waals surface area contributed by atoms with Gasteiger partial charge in [0.25, 0.3) is 0 Å². The van der Waals surface area contributed by atoms with E-state index < -0.39 is 26.5 Å². The van der Waals surface area contributed by atoms with Crippen molar-refractivity contribution < 1.29 is 0 Å². The average molecular weight is 394 g/mol. The summed E-state index contributed by atoms with van der Waals surface area (Å²) in [5, 5.41) is 6.49. The van der Waals surface area contributed by atoms with Gasteiger partial charge in [-0.05, 0) is 0 Å². The summed E-state index contributed by atoms with van der Waals surface area (Å²) in [4.78, 5) is 0. The van der Waals surface area contributed by atoms with Crippen molar-refractivity contribution in [3.05, 3.63) is 49.1 Å². The van der Waals surface area contributed by atoms with Gasteiger partial charge in [-0.15, -0.1) is 0 Å². The first-order chi connectivity index (χ1) is 9.16. The monoisotopic (exact) mass is 396 g/mol. The molecule has 0 unspecified atom stereocenters. The number of dihydropyridines is 2. The van der Waals surface area contributed by atoms with Gasteiger partial charge in [-0.25, -0.2) is 0 Å². The zero-order chi connectivity index (χ0) is 15.1. The minimum absolute atomic E-state index is 0.200. The molecule has 0 radical (unpaired) electrons. The van der Waals surface area contributed by atoms with Crippen LogP contribution < -0.4 is 10.6 Å². The first-order valence-corrected chi connectivity index (χ1v) is 22.1. The van der Waals surface area contributed by atoms with E-state index >= 15 is 0 Å². The van der Waals surface area contributed by atoms with Gasteiger partial charge in [0.1, 0.15) is 0 Å². The van der Waals surface area contributed by atoms with Gasteiger partial charge in [-0.2, -0.15) is 0 Å². The maximum atomic E-state index is 3.25. The van der Waals surface area contributed by atoms with Crippen LogP contribution in [0.3, 0.4) is 0 Å². The van der Waals surface area contributed by atoms with Gasteiger partial charge >= 0.3 is 129 Å². The first-order valence-electron chi connectivity index (χ1n) is 7.39. The molecule has 0 aromatic rings. The van der Waals surface area contributed by atoms with E-state index in [-0.39, 0.29) is 8.49 Å². The molecule has 4 heteroatoms. The van der Waals surface area contributed by atoms with Gasteiger partial charge in [0, 0.05) is 0 Å². The summed E-state index contributed by atoms with van der Waals surface area (Å²) in [6.07, 6.45) is 18.4. The summed E-state index contributed by atoms with van der Waals surface area (Å²) in [5.41, 5.74) is 0. The molecule has 0 aromatic carbocycles. The molecule has 0 atom stereocenters. The predicted octanol–water partition coefficient (Wildman–Crippen LogP) is 4.40. The molecule has 0 bridgehead atoms. The molecule has 2 rings (SSSR count). The second-order valence-electron chi connectivity index (χ2n) is 7.90. The summed E-state index contributed by atoms with van der Waals surface area (Å²) in [6, 6.07) is 0. The van der Waals surface area contributed by atoms with Gasteiger partial charge in [0.15, 0.2) is 0 Å². The van der Waals surface area contributed by atoms with Crippen molar-refractivity contribution in [2.45, 2.75) is 43.0 Å². The third-order valence-corrected chi connectivity index (χ3v) is 19.6. The molecule has 2 heterocycles.